The molecule has 0 fully saturated rings. The molecule has 2 N–H and O–H groups in total. The summed E-state index contributed by atoms with van der Waals surface area (Å²) >= 11 is 3.19. The molecule has 0 aromatic heterocycles. The van der Waals surface area contributed by atoms with Crippen LogP contribution in [-0.4, -0.2) is 16.2 Å². The lowest BCUT2D eigenvalue weighted by Gasteiger charge is -2.00. The van der Waals surface area contributed by atoms with Crippen LogP contribution in [0.3, 0.4) is 0 Å². The van der Waals surface area contributed by atoms with Gasteiger partial charge in [0.1, 0.15) is 11.3 Å². The number of aromatic hydroxyl groups is 1. The van der Waals surface area contributed by atoms with Crippen molar-refractivity contribution in [2.45, 2.75) is 5.33 Å². The van der Waals surface area contributed by atoms with Crippen molar-refractivity contribution in [2.75, 3.05) is 0 Å². The van der Waals surface area contributed by atoms with Crippen LogP contribution in [0.25, 0.3) is 0 Å². The normalized spacial score (nSPS) is 9.75. The Bertz CT molecular complexity index is 309. The first-order chi connectivity index (χ1) is 5.65. The number of phenols is 1. The Kier molecular flexibility index (Phi) is 2.70. The molecule has 1 aromatic rings. The van der Waals surface area contributed by atoms with Crippen LogP contribution >= 0.6 is 15.9 Å². The predicted molar refractivity (Wildman–Crippen MR) is 47.7 cm³/mol. The van der Waals surface area contributed by atoms with Crippen LogP contribution in [0.4, 0.5) is 0 Å². The van der Waals surface area contributed by atoms with Gasteiger partial charge in [0.05, 0.1) is 0 Å². The highest BCUT2D eigenvalue weighted by Crippen LogP contribution is 2.19. The molecule has 4 heteroatoms. The van der Waals surface area contributed by atoms with Gasteiger partial charge in [-0.25, -0.2) is 4.79 Å². The summed E-state index contributed by atoms with van der Waals surface area (Å²) < 4.78 is 0. The van der Waals surface area contributed by atoms with E-state index in [9.17, 15) is 9.90 Å². The molecular weight excluding hydrogens is 224 g/mol. The fraction of sp³-hybridized carbons (Fsp3) is 0.125. The number of halogens is 1. The molecule has 12 heavy (non-hydrogen) atoms. The van der Waals surface area contributed by atoms with E-state index in [0.29, 0.717) is 5.33 Å². The third-order valence-corrected chi connectivity index (χ3v) is 2.09. The van der Waals surface area contributed by atoms with Gasteiger partial charge in [0.25, 0.3) is 0 Å². The zero-order valence-electron chi connectivity index (χ0n) is 6.12. The highest BCUT2D eigenvalue weighted by Gasteiger charge is 2.08. The number of aromatic carboxylic acids is 1. The van der Waals surface area contributed by atoms with E-state index < -0.39 is 5.97 Å². The van der Waals surface area contributed by atoms with Crippen LogP contribution in [0, 0.1) is 0 Å². The molecule has 1 aromatic carbocycles. The molecule has 0 saturated heterocycles. The molecule has 0 radical (unpaired) electrons. The maximum atomic E-state index is 10.4. The Labute approximate surface area is 77.8 Å². The number of carbonyl (C=O) groups is 1. The average Bonchev–Trinajstić information content (AvgIpc) is 2.03. The van der Waals surface area contributed by atoms with E-state index in [1.54, 1.807) is 6.07 Å². The average molecular weight is 231 g/mol. The fourth-order valence-electron chi connectivity index (χ4n) is 0.841. The molecule has 0 saturated carbocycles. The van der Waals surface area contributed by atoms with Gasteiger partial charge >= 0.3 is 5.97 Å². The number of carboxylic acids is 1. The quantitative estimate of drug-likeness (QED) is 0.765. The summed E-state index contributed by atoms with van der Waals surface area (Å²) in [5.74, 6) is -1.31. The van der Waals surface area contributed by atoms with Gasteiger partial charge in [0, 0.05) is 5.33 Å². The van der Waals surface area contributed by atoms with E-state index in [1.165, 1.54) is 12.1 Å². The van der Waals surface area contributed by atoms with E-state index in [0.717, 1.165) is 5.56 Å². The van der Waals surface area contributed by atoms with Crippen molar-refractivity contribution in [3.05, 3.63) is 29.3 Å². The minimum atomic E-state index is -1.12. The van der Waals surface area contributed by atoms with E-state index in [-0.39, 0.29) is 11.3 Å². The van der Waals surface area contributed by atoms with Gasteiger partial charge in [0.15, 0.2) is 0 Å². The SMILES string of the molecule is O=C(O)c1ccc(CBr)cc1O. The summed E-state index contributed by atoms with van der Waals surface area (Å²) in [5, 5.41) is 18.3. The van der Waals surface area contributed by atoms with Crippen molar-refractivity contribution in [3.8, 4) is 5.75 Å². The maximum Gasteiger partial charge on any atom is 0.339 e. The molecule has 0 aliphatic carbocycles. The molecule has 0 aliphatic heterocycles. The third-order valence-electron chi connectivity index (χ3n) is 1.45. The molecule has 0 atom stereocenters. The Morgan fingerprint density at radius 2 is 2.17 bits per heavy atom. The van der Waals surface area contributed by atoms with Crippen LogP contribution in [0.2, 0.25) is 0 Å². The maximum absolute atomic E-state index is 10.4. The van der Waals surface area contributed by atoms with Crippen LogP contribution in [-0.2, 0) is 5.33 Å². The molecule has 1 rings (SSSR count). The molecule has 0 spiro atoms. The minimum Gasteiger partial charge on any atom is -0.507 e. The summed E-state index contributed by atoms with van der Waals surface area (Å²) in [6.07, 6.45) is 0. The van der Waals surface area contributed by atoms with Crippen molar-refractivity contribution in [1.29, 1.82) is 0 Å². The molecule has 0 aliphatic rings. The first kappa shape index (κ1) is 9.06. The van der Waals surface area contributed by atoms with Gasteiger partial charge in [-0.15, -0.1) is 0 Å². The Balaban J connectivity index is 3.12. The largest absolute Gasteiger partial charge is 0.507 e. The van der Waals surface area contributed by atoms with Crippen molar-refractivity contribution in [3.63, 3.8) is 0 Å². The summed E-state index contributed by atoms with van der Waals surface area (Å²) in [6, 6.07) is 4.46. The smallest absolute Gasteiger partial charge is 0.339 e. The van der Waals surface area contributed by atoms with Crippen molar-refractivity contribution < 1.29 is 15.0 Å². The van der Waals surface area contributed by atoms with Crippen LogP contribution in [0.15, 0.2) is 18.2 Å². The van der Waals surface area contributed by atoms with E-state index >= 15 is 0 Å². The Morgan fingerprint density at radius 1 is 1.50 bits per heavy atom. The van der Waals surface area contributed by atoms with Crippen LogP contribution in [0.5, 0.6) is 5.75 Å². The molecule has 0 bridgehead atoms. The van der Waals surface area contributed by atoms with Crippen LogP contribution < -0.4 is 0 Å². The van der Waals surface area contributed by atoms with Crippen molar-refractivity contribution in [2.24, 2.45) is 0 Å². The monoisotopic (exact) mass is 230 g/mol. The first-order valence-corrected chi connectivity index (χ1v) is 4.38. The molecular formula is C8H7BrO3. The molecule has 0 amide bonds. The van der Waals surface area contributed by atoms with Crippen molar-refractivity contribution in [1.82, 2.24) is 0 Å². The summed E-state index contributed by atoms with van der Waals surface area (Å²) in [7, 11) is 0. The number of hydrogen-bond acceptors (Lipinski definition) is 2. The molecule has 3 nitrogen and oxygen atoms in total. The van der Waals surface area contributed by atoms with E-state index in [1.807, 2.05) is 0 Å². The topological polar surface area (TPSA) is 57.5 Å². The van der Waals surface area contributed by atoms with Gasteiger partial charge in [-0.2, -0.15) is 0 Å². The number of rotatable bonds is 2. The Morgan fingerprint density at radius 3 is 2.58 bits per heavy atom. The van der Waals surface area contributed by atoms with E-state index in [2.05, 4.69) is 15.9 Å². The number of benzene rings is 1. The van der Waals surface area contributed by atoms with Gasteiger partial charge in [-0.3, -0.25) is 0 Å². The second-order valence-electron chi connectivity index (χ2n) is 2.29. The standard InChI is InChI=1S/C8H7BrO3/c9-4-5-1-2-6(8(11)12)7(10)3-5/h1-3,10H,4H2,(H,11,12). The molecule has 64 valence electrons. The molecule has 0 unspecified atom stereocenters. The summed E-state index contributed by atoms with van der Waals surface area (Å²) in [5.41, 5.74) is 0.775. The van der Waals surface area contributed by atoms with E-state index in [4.69, 9.17) is 5.11 Å². The third kappa shape index (κ3) is 1.76. The highest BCUT2D eigenvalue weighted by molar-refractivity contribution is 9.08. The first-order valence-electron chi connectivity index (χ1n) is 3.26. The van der Waals surface area contributed by atoms with Crippen molar-refractivity contribution >= 4 is 21.9 Å². The lowest BCUT2D eigenvalue weighted by atomic mass is 10.1. The van der Waals surface area contributed by atoms with Gasteiger partial charge in [0.2, 0.25) is 0 Å². The zero-order valence-corrected chi connectivity index (χ0v) is 7.71. The fourth-order valence-corrected chi connectivity index (χ4v) is 1.19. The number of carboxylic acid groups (broad SMARTS) is 1. The predicted octanol–water partition coefficient (Wildman–Crippen LogP) is 1.99. The molecule has 0 heterocycles. The Hall–Kier alpha value is -1.03. The number of alkyl halides is 1. The second-order valence-corrected chi connectivity index (χ2v) is 2.85. The van der Waals surface area contributed by atoms with Crippen LogP contribution in [0.1, 0.15) is 15.9 Å². The minimum absolute atomic E-state index is 0.0697. The summed E-state index contributed by atoms with van der Waals surface area (Å²) in [4.78, 5) is 10.4. The zero-order chi connectivity index (χ0) is 9.14. The number of hydrogen-bond donors (Lipinski definition) is 2. The van der Waals surface area contributed by atoms with Gasteiger partial charge < -0.3 is 10.2 Å². The lowest BCUT2D eigenvalue weighted by molar-refractivity contribution is 0.0694. The van der Waals surface area contributed by atoms with Gasteiger partial charge in [-0.1, -0.05) is 22.0 Å². The van der Waals surface area contributed by atoms with Gasteiger partial charge in [-0.05, 0) is 17.7 Å². The highest BCUT2D eigenvalue weighted by atomic mass is 79.9. The lowest BCUT2D eigenvalue weighted by Crippen LogP contribution is -1.96. The second kappa shape index (κ2) is 3.58. The summed E-state index contributed by atoms with van der Waals surface area (Å²) in [6.45, 7) is 0.